The molecule has 0 aromatic heterocycles. The van der Waals surface area contributed by atoms with E-state index in [0.717, 1.165) is 24.2 Å². The molecule has 1 aromatic carbocycles. The van der Waals surface area contributed by atoms with Gasteiger partial charge in [0.25, 0.3) is 0 Å². The highest BCUT2D eigenvalue weighted by Gasteiger charge is 2.12. The van der Waals surface area contributed by atoms with Crippen LogP contribution in [0.25, 0.3) is 0 Å². The highest BCUT2D eigenvalue weighted by atomic mass is 16.5. The number of carbonyl (C=O) groups is 1. The maximum Gasteiger partial charge on any atom is 0.223 e. The Labute approximate surface area is 115 Å². The number of benzene rings is 1. The molecule has 0 radical (unpaired) electrons. The van der Waals surface area contributed by atoms with Crippen molar-refractivity contribution < 1.29 is 9.53 Å². The van der Waals surface area contributed by atoms with E-state index in [0.29, 0.717) is 6.54 Å². The molecule has 0 unspecified atom stereocenters. The molecule has 0 aliphatic carbocycles. The van der Waals surface area contributed by atoms with Crippen LogP contribution in [0.1, 0.15) is 32.3 Å². The highest BCUT2D eigenvalue weighted by Crippen LogP contribution is 2.10. The molecule has 19 heavy (non-hydrogen) atoms. The lowest BCUT2D eigenvalue weighted by molar-refractivity contribution is -0.124. The first-order valence-corrected chi connectivity index (χ1v) is 6.61. The second-order valence-electron chi connectivity index (χ2n) is 4.26. The van der Waals surface area contributed by atoms with Crippen molar-refractivity contribution in [2.75, 3.05) is 13.7 Å². The Morgan fingerprint density at radius 2 is 1.89 bits per heavy atom. The third-order valence-electron chi connectivity index (χ3n) is 3.03. The van der Waals surface area contributed by atoms with Crippen LogP contribution in [0.5, 0.6) is 5.75 Å². The quantitative estimate of drug-likeness (QED) is 0.825. The van der Waals surface area contributed by atoms with Crippen LogP contribution in [-0.2, 0) is 4.79 Å². The number of carbonyl (C=O) groups excluding carboxylic acids is 1. The second-order valence-corrected chi connectivity index (χ2v) is 4.26. The summed E-state index contributed by atoms with van der Waals surface area (Å²) >= 11 is 0. The summed E-state index contributed by atoms with van der Waals surface area (Å²) in [5.41, 5.74) is 0.914. The number of hydrogen-bond acceptors (Lipinski definition) is 2. The van der Waals surface area contributed by atoms with Crippen molar-refractivity contribution >= 4 is 5.91 Å². The number of nitrogens with one attached hydrogen (secondary N) is 1. The maximum atomic E-state index is 11.7. The molecular weight excluding hydrogens is 238 g/mol. The average molecular weight is 259 g/mol. The zero-order valence-electron chi connectivity index (χ0n) is 11.8. The molecule has 0 fully saturated rings. The maximum absolute atomic E-state index is 11.7. The van der Waals surface area contributed by atoms with Gasteiger partial charge < -0.3 is 10.1 Å². The van der Waals surface area contributed by atoms with Gasteiger partial charge in [0, 0.05) is 11.5 Å². The van der Waals surface area contributed by atoms with E-state index in [2.05, 4.69) is 17.2 Å². The van der Waals surface area contributed by atoms with Gasteiger partial charge in [0.05, 0.1) is 13.7 Å². The fourth-order valence-electron chi connectivity index (χ4n) is 1.76. The molecule has 0 saturated carbocycles. The Hall–Kier alpha value is -1.95. The lowest BCUT2D eigenvalue weighted by Gasteiger charge is -2.10. The summed E-state index contributed by atoms with van der Waals surface area (Å²) in [5, 5.41) is 2.84. The minimum Gasteiger partial charge on any atom is -0.497 e. The van der Waals surface area contributed by atoms with Crippen LogP contribution in [0.2, 0.25) is 0 Å². The molecule has 3 heteroatoms. The smallest absolute Gasteiger partial charge is 0.223 e. The fraction of sp³-hybridized carbons (Fsp3) is 0.438. The summed E-state index contributed by atoms with van der Waals surface area (Å²) in [6.45, 7) is 4.44. The molecule has 0 heterocycles. The van der Waals surface area contributed by atoms with Crippen LogP contribution in [0.3, 0.4) is 0 Å². The SMILES string of the molecule is CCC(CC)C(=O)NCC#Cc1ccc(OC)cc1. The third-order valence-corrected chi connectivity index (χ3v) is 3.03. The van der Waals surface area contributed by atoms with Crippen molar-refractivity contribution in [3.05, 3.63) is 29.8 Å². The van der Waals surface area contributed by atoms with E-state index in [1.54, 1.807) is 7.11 Å². The summed E-state index contributed by atoms with van der Waals surface area (Å²) in [4.78, 5) is 11.7. The Morgan fingerprint density at radius 3 is 2.42 bits per heavy atom. The van der Waals surface area contributed by atoms with Gasteiger partial charge in [-0.25, -0.2) is 0 Å². The number of hydrogen-bond donors (Lipinski definition) is 1. The van der Waals surface area contributed by atoms with Crippen molar-refractivity contribution in [3.8, 4) is 17.6 Å². The van der Waals surface area contributed by atoms with Gasteiger partial charge in [0.2, 0.25) is 5.91 Å². The summed E-state index contributed by atoms with van der Waals surface area (Å²) in [6, 6.07) is 7.53. The number of amides is 1. The molecule has 0 atom stereocenters. The zero-order valence-corrected chi connectivity index (χ0v) is 11.8. The van der Waals surface area contributed by atoms with Crippen molar-refractivity contribution in [1.29, 1.82) is 0 Å². The monoisotopic (exact) mass is 259 g/mol. The van der Waals surface area contributed by atoms with Crippen LogP contribution in [0.15, 0.2) is 24.3 Å². The number of methoxy groups -OCH3 is 1. The van der Waals surface area contributed by atoms with Crippen LogP contribution in [-0.4, -0.2) is 19.6 Å². The first-order chi connectivity index (χ1) is 9.21. The van der Waals surface area contributed by atoms with E-state index in [-0.39, 0.29) is 11.8 Å². The zero-order chi connectivity index (χ0) is 14.1. The normalized spacial score (nSPS) is 9.68. The molecule has 0 bridgehead atoms. The topological polar surface area (TPSA) is 38.3 Å². The Bertz CT molecular complexity index is 450. The van der Waals surface area contributed by atoms with Crippen LogP contribution in [0, 0.1) is 17.8 Å². The van der Waals surface area contributed by atoms with Gasteiger partial charge in [-0.3, -0.25) is 4.79 Å². The van der Waals surface area contributed by atoms with Gasteiger partial charge in [0.15, 0.2) is 0 Å². The van der Waals surface area contributed by atoms with E-state index < -0.39 is 0 Å². The number of rotatable bonds is 5. The van der Waals surface area contributed by atoms with Crippen molar-refractivity contribution in [1.82, 2.24) is 5.32 Å². The molecule has 102 valence electrons. The predicted octanol–water partition coefficient (Wildman–Crippen LogP) is 2.60. The molecular formula is C16H21NO2. The second kappa shape index (κ2) is 8.20. The third kappa shape index (κ3) is 5.05. The predicted molar refractivity (Wildman–Crippen MR) is 77.0 cm³/mol. The molecule has 1 rings (SSSR count). The summed E-state index contributed by atoms with van der Waals surface area (Å²) in [5.74, 6) is 6.96. The minimum atomic E-state index is 0.0917. The van der Waals surface area contributed by atoms with Crippen LogP contribution >= 0.6 is 0 Å². The molecule has 1 aromatic rings. The summed E-state index contributed by atoms with van der Waals surface area (Å²) in [6.07, 6.45) is 1.74. The number of ether oxygens (including phenoxy) is 1. The first-order valence-electron chi connectivity index (χ1n) is 6.61. The van der Waals surface area contributed by atoms with E-state index in [1.807, 2.05) is 38.1 Å². The van der Waals surface area contributed by atoms with Crippen LogP contribution in [0.4, 0.5) is 0 Å². The lowest BCUT2D eigenvalue weighted by Crippen LogP contribution is -2.30. The van der Waals surface area contributed by atoms with Crippen LogP contribution < -0.4 is 10.1 Å². The van der Waals surface area contributed by atoms with Gasteiger partial charge in [0.1, 0.15) is 5.75 Å². The lowest BCUT2D eigenvalue weighted by atomic mass is 10.0. The molecule has 0 aliphatic rings. The largest absolute Gasteiger partial charge is 0.497 e. The van der Waals surface area contributed by atoms with Crippen molar-refractivity contribution in [3.63, 3.8) is 0 Å². The summed E-state index contributed by atoms with van der Waals surface area (Å²) in [7, 11) is 1.63. The van der Waals surface area contributed by atoms with E-state index in [4.69, 9.17) is 4.74 Å². The minimum absolute atomic E-state index is 0.0917. The summed E-state index contributed by atoms with van der Waals surface area (Å²) < 4.78 is 5.07. The molecule has 1 N–H and O–H groups in total. The van der Waals surface area contributed by atoms with Gasteiger partial charge in [-0.15, -0.1) is 0 Å². The molecule has 3 nitrogen and oxygen atoms in total. The van der Waals surface area contributed by atoms with E-state index in [9.17, 15) is 4.79 Å². The molecule has 0 saturated heterocycles. The van der Waals surface area contributed by atoms with E-state index in [1.165, 1.54) is 0 Å². The molecule has 1 amide bonds. The highest BCUT2D eigenvalue weighted by molar-refractivity contribution is 5.78. The van der Waals surface area contributed by atoms with Gasteiger partial charge in [-0.05, 0) is 37.1 Å². The van der Waals surface area contributed by atoms with Crippen molar-refractivity contribution in [2.45, 2.75) is 26.7 Å². The van der Waals surface area contributed by atoms with Crippen molar-refractivity contribution in [2.24, 2.45) is 5.92 Å². The van der Waals surface area contributed by atoms with Gasteiger partial charge >= 0.3 is 0 Å². The Balaban J connectivity index is 2.44. The fourth-order valence-corrected chi connectivity index (χ4v) is 1.76. The average Bonchev–Trinajstić information content (AvgIpc) is 2.45. The first kappa shape index (κ1) is 15.1. The van der Waals surface area contributed by atoms with Gasteiger partial charge in [-0.2, -0.15) is 0 Å². The van der Waals surface area contributed by atoms with E-state index >= 15 is 0 Å². The molecule has 0 spiro atoms. The Morgan fingerprint density at radius 1 is 1.26 bits per heavy atom. The molecule has 0 aliphatic heterocycles. The standard InChI is InChI=1S/C16H21NO2/c1-4-14(5-2)16(18)17-12-6-7-13-8-10-15(19-3)11-9-13/h8-11,14H,4-5,12H2,1-3H3,(H,17,18). The van der Waals surface area contributed by atoms with Gasteiger partial charge in [-0.1, -0.05) is 25.7 Å². The Kier molecular flexibility index (Phi) is 6.52.